The Kier molecular flexibility index (Phi) is 2.74. The fraction of sp³-hybridized carbons (Fsp3) is 0.571. The largest absolute Gasteiger partial charge is 0.358 e. The van der Waals surface area contributed by atoms with Gasteiger partial charge < -0.3 is 10.1 Å². The van der Waals surface area contributed by atoms with Crippen molar-refractivity contribution in [3.05, 3.63) is 24.2 Å². The Morgan fingerprint density at radius 1 is 1.37 bits per heavy atom. The van der Waals surface area contributed by atoms with E-state index in [0.29, 0.717) is 5.92 Å². The third-order valence-corrected chi connectivity index (χ3v) is 4.10. The lowest BCUT2D eigenvalue weighted by Gasteiger charge is -2.18. The van der Waals surface area contributed by atoms with E-state index in [1.54, 1.807) is 0 Å². The van der Waals surface area contributed by atoms with Crippen molar-refractivity contribution in [2.75, 3.05) is 19.7 Å². The molecule has 19 heavy (non-hydrogen) atoms. The maximum atomic E-state index is 5.87. The molecular weight excluding hydrogens is 240 g/mol. The van der Waals surface area contributed by atoms with Crippen LogP contribution in [0.15, 0.2) is 18.3 Å². The predicted molar refractivity (Wildman–Crippen MR) is 72.0 cm³/mol. The van der Waals surface area contributed by atoms with Gasteiger partial charge in [-0.05, 0) is 37.9 Å². The maximum Gasteiger partial charge on any atom is 0.162 e. The molecule has 100 valence electrons. The summed E-state index contributed by atoms with van der Waals surface area (Å²) in [5.41, 5.74) is 1.95. The average Bonchev–Trinajstić information content (AvgIpc) is 3.17. The highest BCUT2D eigenvalue weighted by Crippen LogP contribution is 2.32. The first-order valence-electron chi connectivity index (χ1n) is 7.08. The second-order valence-corrected chi connectivity index (χ2v) is 5.34. The topological polar surface area (TPSA) is 52.0 Å². The lowest BCUT2D eigenvalue weighted by atomic mass is 10.1. The number of ether oxygens (including phenoxy) is 1. The molecule has 0 aliphatic carbocycles. The Balaban J connectivity index is 1.87. The maximum absolute atomic E-state index is 5.87. The molecule has 5 heteroatoms. The SMILES string of the molecule is c1cnc2c(c1)nc(C1CCNC1)n2C1CCCO1. The molecule has 1 N–H and O–H groups in total. The van der Waals surface area contributed by atoms with Crippen LogP contribution in [0.1, 0.15) is 37.2 Å². The molecule has 0 spiro atoms. The van der Waals surface area contributed by atoms with Gasteiger partial charge in [0.1, 0.15) is 17.6 Å². The van der Waals surface area contributed by atoms with Gasteiger partial charge in [0.05, 0.1) is 0 Å². The van der Waals surface area contributed by atoms with Gasteiger partial charge in [0, 0.05) is 25.3 Å². The van der Waals surface area contributed by atoms with E-state index in [1.165, 1.54) is 0 Å². The summed E-state index contributed by atoms with van der Waals surface area (Å²) in [7, 11) is 0. The summed E-state index contributed by atoms with van der Waals surface area (Å²) in [6.45, 7) is 2.93. The molecule has 5 nitrogen and oxygen atoms in total. The molecular formula is C14H18N4O. The number of hydrogen-bond acceptors (Lipinski definition) is 4. The van der Waals surface area contributed by atoms with E-state index in [4.69, 9.17) is 9.72 Å². The zero-order chi connectivity index (χ0) is 12.7. The minimum atomic E-state index is 0.121. The van der Waals surface area contributed by atoms with Crippen LogP contribution in [0.2, 0.25) is 0 Å². The van der Waals surface area contributed by atoms with Crippen molar-refractivity contribution in [2.45, 2.75) is 31.4 Å². The Hall–Kier alpha value is -1.46. The molecule has 0 amide bonds. The summed E-state index contributed by atoms with van der Waals surface area (Å²) in [6, 6.07) is 3.99. The van der Waals surface area contributed by atoms with Crippen LogP contribution in [0.25, 0.3) is 11.2 Å². The van der Waals surface area contributed by atoms with E-state index >= 15 is 0 Å². The molecule has 0 saturated carbocycles. The van der Waals surface area contributed by atoms with Crippen LogP contribution in [-0.2, 0) is 4.74 Å². The molecule has 0 bridgehead atoms. The summed E-state index contributed by atoms with van der Waals surface area (Å²) >= 11 is 0. The van der Waals surface area contributed by atoms with E-state index in [2.05, 4.69) is 14.9 Å². The number of imidazole rings is 1. The highest BCUT2D eigenvalue weighted by molar-refractivity contribution is 5.71. The summed E-state index contributed by atoms with van der Waals surface area (Å²) in [5, 5.41) is 3.42. The lowest BCUT2D eigenvalue weighted by Crippen LogP contribution is -2.16. The van der Waals surface area contributed by atoms with E-state index in [-0.39, 0.29) is 6.23 Å². The fourth-order valence-corrected chi connectivity index (χ4v) is 3.16. The van der Waals surface area contributed by atoms with Gasteiger partial charge in [-0.15, -0.1) is 0 Å². The van der Waals surface area contributed by atoms with Gasteiger partial charge in [-0.1, -0.05) is 0 Å². The number of rotatable bonds is 2. The van der Waals surface area contributed by atoms with Crippen molar-refractivity contribution < 1.29 is 4.74 Å². The first kappa shape index (κ1) is 11.4. The van der Waals surface area contributed by atoms with Gasteiger partial charge in [0.15, 0.2) is 5.65 Å². The summed E-state index contributed by atoms with van der Waals surface area (Å²) in [5.74, 6) is 1.63. The van der Waals surface area contributed by atoms with Crippen LogP contribution < -0.4 is 5.32 Å². The van der Waals surface area contributed by atoms with Gasteiger partial charge in [0.25, 0.3) is 0 Å². The summed E-state index contributed by atoms with van der Waals surface area (Å²) < 4.78 is 8.10. The second kappa shape index (κ2) is 4.58. The zero-order valence-corrected chi connectivity index (χ0v) is 10.9. The van der Waals surface area contributed by atoms with Crippen LogP contribution in [0.5, 0.6) is 0 Å². The van der Waals surface area contributed by atoms with Crippen molar-refractivity contribution in [1.29, 1.82) is 0 Å². The van der Waals surface area contributed by atoms with Gasteiger partial charge in [0.2, 0.25) is 0 Å². The Labute approximate surface area is 112 Å². The number of fused-ring (bicyclic) bond motifs is 1. The van der Waals surface area contributed by atoms with E-state index < -0.39 is 0 Å². The van der Waals surface area contributed by atoms with Crippen LogP contribution in [0.4, 0.5) is 0 Å². The second-order valence-electron chi connectivity index (χ2n) is 5.34. The summed E-state index contributed by atoms with van der Waals surface area (Å²) in [6.07, 6.45) is 5.30. The molecule has 2 atom stereocenters. The van der Waals surface area contributed by atoms with Crippen LogP contribution in [0, 0.1) is 0 Å². The molecule has 2 aromatic heterocycles. The van der Waals surface area contributed by atoms with E-state index in [9.17, 15) is 0 Å². The monoisotopic (exact) mass is 258 g/mol. The molecule has 2 unspecified atom stereocenters. The number of pyridine rings is 1. The van der Waals surface area contributed by atoms with Crippen LogP contribution in [0.3, 0.4) is 0 Å². The van der Waals surface area contributed by atoms with Gasteiger partial charge in [-0.3, -0.25) is 4.57 Å². The lowest BCUT2D eigenvalue weighted by molar-refractivity contribution is 0.0564. The number of nitrogens with zero attached hydrogens (tertiary/aromatic N) is 3. The van der Waals surface area contributed by atoms with Crippen molar-refractivity contribution in [1.82, 2.24) is 19.9 Å². The molecule has 2 aliphatic heterocycles. The number of aromatic nitrogens is 3. The molecule has 2 fully saturated rings. The zero-order valence-electron chi connectivity index (χ0n) is 10.9. The summed E-state index contributed by atoms with van der Waals surface area (Å²) in [4.78, 5) is 9.34. The van der Waals surface area contributed by atoms with E-state index in [0.717, 1.165) is 55.9 Å². The fourth-order valence-electron chi connectivity index (χ4n) is 3.16. The van der Waals surface area contributed by atoms with Crippen LogP contribution >= 0.6 is 0 Å². The van der Waals surface area contributed by atoms with Crippen molar-refractivity contribution in [3.63, 3.8) is 0 Å². The molecule has 0 aromatic carbocycles. The first-order valence-corrected chi connectivity index (χ1v) is 7.08. The third kappa shape index (κ3) is 1.84. The predicted octanol–water partition coefficient (Wildman–Crippen LogP) is 1.82. The molecule has 2 saturated heterocycles. The highest BCUT2D eigenvalue weighted by atomic mass is 16.5. The first-order chi connectivity index (χ1) is 9.43. The standard InChI is InChI=1S/C14H18N4O/c1-3-11-14(16-6-1)18(12-4-2-8-19-12)13(17-11)10-5-7-15-9-10/h1,3,6,10,12,15H,2,4-5,7-9H2. The van der Waals surface area contributed by atoms with Crippen LogP contribution in [-0.4, -0.2) is 34.2 Å². The average molecular weight is 258 g/mol. The molecule has 0 radical (unpaired) electrons. The minimum absolute atomic E-state index is 0.121. The number of nitrogens with one attached hydrogen (secondary N) is 1. The normalized spacial score (nSPS) is 27.4. The van der Waals surface area contributed by atoms with E-state index in [1.807, 2.05) is 18.3 Å². The molecule has 4 rings (SSSR count). The Morgan fingerprint density at radius 2 is 2.37 bits per heavy atom. The third-order valence-electron chi connectivity index (χ3n) is 4.10. The van der Waals surface area contributed by atoms with Gasteiger partial charge >= 0.3 is 0 Å². The Morgan fingerprint density at radius 3 is 3.16 bits per heavy atom. The van der Waals surface area contributed by atoms with Gasteiger partial charge in [-0.25, -0.2) is 9.97 Å². The molecule has 2 aromatic rings. The quantitative estimate of drug-likeness (QED) is 0.892. The van der Waals surface area contributed by atoms with Gasteiger partial charge in [-0.2, -0.15) is 0 Å². The van der Waals surface area contributed by atoms with Crippen molar-refractivity contribution >= 4 is 11.2 Å². The highest BCUT2D eigenvalue weighted by Gasteiger charge is 2.29. The van der Waals surface area contributed by atoms with Crippen molar-refractivity contribution in [3.8, 4) is 0 Å². The molecule has 2 aliphatic rings. The Bertz CT molecular complexity index is 582. The number of hydrogen-bond donors (Lipinski definition) is 1. The minimum Gasteiger partial charge on any atom is -0.358 e. The van der Waals surface area contributed by atoms with Crippen molar-refractivity contribution in [2.24, 2.45) is 0 Å². The molecule has 4 heterocycles. The smallest absolute Gasteiger partial charge is 0.162 e.